The van der Waals surface area contributed by atoms with Gasteiger partial charge >= 0.3 is 6.18 Å². The molecular weight excluding hydrogens is 323 g/mol. The minimum absolute atomic E-state index is 0.284. The van der Waals surface area contributed by atoms with E-state index in [1.54, 1.807) is 19.2 Å². The van der Waals surface area contributed by atoms with E-state index in [1.807, 2.05) is 0 Å². The maximum Gasteiger partial charge on any atom is 0.416 e. The van der Waals surface area contributed by atoms with E-state index in [0.717, 1.165) is 12.1 Å². The molecule has 0 aliphatic heterocycles. The van der Waals surface area contributed by atoms with Gasteiger partial charge in [-0.25, -0.2) is 0 Å². The van der Waals surface area contributed by atoms with Crippen molar-refractivity contribution in [3.05, 3.63) is 58.0 Å². The Balaban J connectivity index is 2.30. The molecule has 1 unspecified atom stereocenters. The summed E-state index contributed by atoms with van der Waals surface area (Å²) < 4.78 is 43.5. The van der Waals surface area contributed by atoms with Crippen molar-refractivity contribution >= 4 is 15.9 Å². The molecule has 6 heteroatoms. The third-order valence-electron chi connectivity index (χ3n) is 2.74. The van der Waals surface area contributed by atoms with Gasteiger partial charge in [0.25, 0.3) is 0 Å². The first-order chi connectivity index (χ1) is 8.91. The molecule has 0 saturated heterocycles. The molecule has 1 atom stereocenters. The van der Waals surface area contributed by atoms with Crippen LogP contribution in [0.5, 0.6) is 0 Å². The average Bonchev–Trinajstić information content (AvgIpc) is 2.76. The molecule has 0 amide bonds. The molecule has 1 heterocycles. The molecule has 0 spiro atoms. The Morgan fingerprint density at radius 2 is 1.74 bits per heavy atom. The smallest absolute Gasteiger partial charge is 0.416 e. The topological polar surface area (TPSA) is 25.2 Å². The quantitative estimate of drug-likeness (QED) is 0.902. The normalized spacial score (nSPS) is 13.5. The van der Waals surface area contributed by atoms with Gasteiger partial charge in [0.05, 0.1) is 11.6 Å². The Morgan fingerprint density at radius 1 is 1.11 bits per heavy atom. The highest BCUT2D eigenvalue weighted by atomic mass is 79.9. The molecule has 2 nitrogen and oxygen atoms in total. The highest BCUT2D eigenvalue weighted by Crippen LogP contribution is 2.31. The lowest BCUT2D eigenvalue weighted by Crippen LogP contribution is -2.17. The van der Waals surface area contributed by atoms with Crippen LogP contribution in [0.2, 0.25) is 0 Å². The van der Waals surface area contributed by atoms with Gasteiger partial charge in [0.15, 0.2) is 4.67 Å². The molecule has 19 heavy (non-hydrogen) atoms. The molecule has 0 fully saturated rings. The number of hydrogen-bond acceptors (Lipinski definition) is 2. The van der Waals surface area contributed by atoms with Crippen LogP contribution in [0.4, 0.5) is 13.2 Å². The van der Waals surface area contributed by atoms with E-state index in [-0.39, 0.29) is 6.04 Å². The molecular formula is C13H11BrF3NO. The summed E-state index contributed by atoms with van der Waals surface area (Å²) >= 11 is 3.20. The lowest BCUT2D eigenvalue weighted by molar-refractivity contribution is -0.137. The highest BCUT2D eigenvalue weighted by Gasteiger charge is 2.30. The van der Waals surface area contributed by atoms with Crippen molar-refractivity contribution in [1.29, 1.82) is 0 Å². The van der Waals surface area contributed by atoms with Crippen LogP contribution >= 0.6 is 15.9 Å². The van der Waals surface area contributed by atoms with E-state index >= 15 is 0 Å². The molecule has 0 aliphatic rings. The zero-order valence-corrected chi connectivity index (χ0v) is 11.5. The van der Waals surface area contributed by atoms with Crippen LogP contribution in [0.1, 0.15) is 22.9 Å². The van der Waals surface area contributed by atoms with Crippen molar-refractivity contribution in [3.8, 4) is 0 Å². The molecule has 0 saturated carbocycles. The first-order valence-corrected chi connectivity index (χ1v) is 6.31. The van der Waals surface area contributed by atoms with Crippen LogP contribution in [0.25, 0.3) is 0 Å². The Kier molecular flexibility index (Phi) is 4.01. The van der Waals surface area contributed by atoms with Gasteiger partial charge < -0.3 is 9.73 Å². The van der Waals surface area contributed by atoms with Gasteiger partial charge in [-0.1, -0.05) is 12.1 Å². The molecule has 1 aromatic heterocycles. The maximum absolute atomic E-state index is 12.5. The number of benzene rings is 1. The Labute approximate surface area is 116 Å². The predicted molar refractivity (Wildman–Crippen MR) is 68.8 cm³/mol. The Hall–Kier alpha value is -1.27. The van der Waals surface area contributed by atoms with E-state index in [4.69, 9.17) is 4.42 Å². The highest BCUT2D eigenvalue weighted by molar-refractivity contribution is 9.10. The molecule has 0 aliphatic carbocycles. The fraction of sp³-hybridized carbons (Fsp3) is 0.231. The second kappa shape index (κ2) is 5.38. The Morgan fingerprint density at radius 3 is 2.16 bits per heavy atom. The molecule has 1 aromatic carbocycles. The number of furan rings is 1. The van der Waals surface area contributed by atoms with Gasteiger partial charge in [-0.15, -0.1) is 0 Å². The predicted octanol–water partition coefficient (Wildman–Crippen LogP) is 4.37. The third-order valence-corrected chi connectivity index (χ3v) is 3.16. The molecule has 102 valence electrons. The number of nitrogens with one attached hydrogen (secondary N) is 1. The van der Waals surface area contributed by atoms with Crippen LogP contribution < -0.4 is 5.32 Å². The van der Waals surface area contributed by atoms with Crippen LogP contribution in [0.15, 0.2) is 45.5 Å². The van der Waals surface area contributed by atoms with Crippen LogP contribution in [-0.4, -0.2) is 7.05 Å². The minimum Gasteiger partial charge on any atom is -0.452 e. The average molecular weight is 334 g/mol. The van der Waals surface area contributed by atoms with Crippen molar-refractivity contribution in [3.63, 3.8) is 0 Å². The summed E-state index contributed by atoms with van der Waals surface area (Å²) in [7, 11) is 1.72. The van der Waals surface area contributed by atoms with Crippen molar-refractivity contribution in [2.75, 3.05) is 7.05 Å². The summed E-state index contributed by atoms with van der Waals surface area (Å²) in [5.41, 5.74) is 0.0454. The summed E-state index contributed by atoms with van der Waals surface area (Å²) in [6, 6.07) is 8.25. The molecule has 2 rings (SSSR count). The fourth-order valence-corrected chi connectivity index (χ4v) is 2.14. The summed E-state index contributed by atoms with van der Waals surface area (Å²) in [6.45, 7) is 0. The van der Waals surface area contributed by atoms with Crippen molar-refractivity contribution in [2.24, 2.45) is 0 Å². The maximum atomic E-state index is 12.5. The summed E-state index contributed by atoms with van der Waals surface area (Å²) in [4.78, 5) is 0. The van der Waals surface area contributed by atoms with Gasteiger partial charge in [-0.3, -0.25) is 0 Å². The van der Waals surface area contributed by atoms with Gasteiger partial charge in [-0.05, 0) is 52.8 Å². The molecule has 0 bridgehead atoms. The summed E-state index contributed by atoms with van der Waals surface area (Å²) in [5.74, 6) is 0.633. The molecule has 1 N–H and O–H groups in total. The van der Waals surface area contributed by atoms with Crippen LogP contribution in [-0.2, 0) is 6.18 Å². The number of hydrogen-bond donors (Lipinski definition) is 1. The zero-order valence-electron chi connectivity index (χ0n) is 9.96. The van der Waals surface area contributed by atoms with Crippen LogP contribution in [0, 0.1) is 0 Å². The lowest BCUT2D eigenvalue weighted by Gasteiger charge is -2.15. The summed E-state index contributed by atoms with van der Waals surface area (Å²) in [6.07, 6.45) is -4.32. The van der Waals surface area contributed by atoms with E-state index in [9.17, 15) is 13.2 Å². The second-order valence-electron chi connectivity index (χ2n) is 3.98. The van der Waals surface area contributed by atoms with E-state index < -0.39 is 11.7 Å². The second-order valence-corrected chi connectivity index (χ2v) is 4.76. The van der Waals surface area contributed by atoms with E-state index in [1.165, 1.54) is 12.1 Å². The van der Waals surface area contributed by atoms with Crippen molar-refractivity contribution in [2.45, 2.75) is 12.2 Å². The first-order valence-electron chi connectivity index (χ1n) is 5.51. The van der Waals surface area contributed by atoms with Crippen LogP contribution in [0.3, 0.4) is 0 Å². The minimum atomic E-state index is -4.32. The first kappa shape index (κ1) is 14.1. The van der Waals surface area contributed by atoms with Gasteiger partial charge in [0.2, 0.25) is 0 Å². The zero-order chi connectivity index (χ0) is 14.0. The number of alkyl halides is 3. The van der Waals surface area contributed by atoms with Crippen molar-refractivity contribution in [1.82, 2.24) is 5.32 Å². The standard InChI is InChI=1S/C13H11BrF3NO/c1-18-12(10-6-7-11(14)19-10)8-2-4-9(5-3-8)13(15,16)17/h2-7,12,18H,1H3. The van der Waals surface area contributed by atoms with Crippen molar-refractivity contribution < 1.29 is 17.6 Å². The van der Waals surface area contributed by atoms with Gasteiger partial charge in [-0.2, -0.15) is 13.2 Å². The molecule has 2 aromatic rings. The largest absolute Gasteiger partial charge is 0.452 e. The lowest BCUT2D eigenvalue weighted by atomic mass is 10.0. The Bertz CT molecular complexity index is 548. The van der Waals surface area contributed by atoms with E-state index in [2.05, 4.69) is 21.2 Å². The monoisotopic (exact) mass is 333 g/mol. The van der Waals surface area contributed by atoms with Gasteiger partial charge in [0.1, 0.15) is 5.76 Å². The van der Waals surface area contributed by atoms with E-state index in [0.29, 0.717) is 16.0 Å². The third kappa shape index (κ3) is 3.19. The SMILES string of the molecule is CNC(c1ccc(C(F)(F)F)cc1)c1ccc(Br)o1. The fourth-order valence-electron chi connectivity index (χ4n) is 1.82. The van der Waals surface area contributed by atoms with Gasteiger partial charge in [0, 0.05) is 0 Å². The number of halogens is 4. The summed E-state index contributed by atoms with van der Waals surface area (Å²) in [5, 5.41) is 3.01. The number of rotatable bonds is 3. The molecule has 0 radical (unpaired) electrons.